The molecule has 0 aliphatic carbocycles. The van der Waals surface area contributed by atoms with Crippen molar-refractivity contribution >= 4 is 0 Å². The van der Waals surface area contributed by atoms with E-state index in [0.29, 0.717) is 5.92 Å². The van der Waals surface area contributed by atoms with Crippen LogP contribution >= 0.6 is 0 Å². The van der Waals surface area contributed by atoms with Gasteiger partial charge in [0.2, 0.25) is 0 Å². The van der Waals surface area contributed by atoms with Crippen molar-refractivity contribution in [3.8, 4) is 0 Å². The number of nitrogens with zero attached hydrogens (tertiary/aromatic N) is 2. The van der Waals surface area contributed by atoms with Crippen LogP contribution in [-0.4, -0.2) is 30.0 Å². The molecule has 16 heavy (non-hydrogen) atoms. The first-order valence-electron chi connectivity index (χ1n) is 6.12. The highest BCUT2D eigenvalue weighted by atomic mass is 15.1. The van der Waals surface area contributed by atoms with E-state index in [1.807, 2.05) is 6.20 Å². The molecule has 1 saturated heterocycles. The molecule has 0 N–H and O–H groups in total. The van der Waals surface area contributed by atoms with Gasteiger partial charge in [0.05, 0.1) is 0 Å². The smallest absolute Gasteiger partial charge is 0.0448 e. The van der Waals surface area contributed by atoms with Gasteiger partial charge in [-0.1, -0.05) is 26.8 Å². The Labute approximate surface area is 98.7 Å². The van der Waals surface area contributed by atoms with Crippen LogP contribution in [0.5, 0.6) is 0 Å². The Balaban J connectivity index is 2.14. The van der Waals surface area contributed by atoms with Crippen LogP contribution < -0.4 is 0 Å². The zero-order valence-corrected chi connectivity index (χ0v) is 10.8. The predicted molar refractivity (Wildman–Crippen MR) is 67.8 cm³/mol. The number of likely N-dealkylation sites (N-methyl/N-ethyl adjacent to an activating group) is 1. The molecular formula is C14H22N2. The summed E-state index contributed by atoms with van der Waals surface area (Å²) in [6.07, 6.45) is 3.30. The highest BCUT2D eigenvalue weighted by molar-refractivity contribution is 5.23. The van der Waals surface area contributed by atoms with Crippen LogP contribution in [0.3, 0.4) is 0 Å². The third-order valence-electron chi connectivity index (χ3n) is 3.46. The average molecular weight is 218 g/mol. The third kappa shape index (κ3) is 2.43. The van der Waals surface area contributed by atoms with Gasteiger partial charge in [-0.3, -0.25) is 4.98 Å². The molecule has 2 heteroatoms. The Morgan fingerprint density at radius 3 is 2.50 bits per heavy atom. The number of likely N-dealkylation sites (tertiary alicyclic amines) is 1. The van der Waals surface area contributed by atoms with Crippen LogP contribution in [0.2, 0.25) is 0 Å². The average Bonchev–Trinajstić information content (AvgIpc) is 2.64. The molecule has 0 amide bonds. The lowest BCUT2D eigenvalue weighted by Crippen LogP contribution is -2.15. The minimum atomic E-state index is 0.206. The second-order valence-corrected chi connectivity index (χ2v) is 5.97. The quantitative estimate of drug-likeness (QED) is 0.720. The van der Waals surface area contributed by atoms with E-state index in [1.54, 1.807) is 0 Å². The molecule has 1 aromatic rings. The first-order chi connectivity index (χ1) is 7.47. The fourth-order valence-electron chi connectivity index (χ4n) is 2.27. The number of hydrogen-bond acceptors (Lipinski definition) is 2. The van der Waals surface area contributed by atoms with E-state index >= 15 is 0 Å². The summed E-state index contributed by atoms with van der Waals surface area (Å²) in [4.78, 5) is 7.01. The molecule has 88 valence electrons. The van der Waals surface area contributed by atoms with Crippen molar-refractivity contribution in [2.24, 2.45) is 0 Å². The Hall–Kier alpha value is -0.890. The maximum atomic E-state index is 4.63. The molecular weight excluding hydrogens is 196 g/mol. The Bertz CT molecular complexity index is 348. The SMILES string of the molecule is CN1CCC(c2ccc(C(C)(C)C)cn2)C1. The summed E-state index contributed by atoms with van der Waals surface area (Å²) in [6.45, 7) is 9.04. The third-order valence-corrected chi connectivity index (χ3v) is 3.46. The normalized spacial score (nSPS) is 22.6. The summed E-state index contributed by atoms with van der Waals surface area (Å²) in [5, 5.41) is 0. The van der Waals surface area contributed by atoms with Crippen LogP contribution in [0.25, 0.3) is 0 Å². The summed E-state index contributed by atoms with van der Waals surface area (Å²) in [5.41, 5.74) is 2.79. The van der Waals surface area contributed by atoms with Crippen molar-refractivity contribution in [2.75, 3.05) is 20.1 Å². The van der Waals surface area contributed by atoms with E-state index in [4.69, 9.17) is 0 Å². The number of hydrogen-bond donors (Lipinski definition) is 0. The number of pyridine rings is 1. The second kappa shape index (κ2) is 4.17. The van der Waals surface area contributed by atoms with Gasteiger partial charge in [0.25, 0.3) is 0 Å². The molecule has 0 radical (unpaired) electrons. The van der Waals surface area contributed by atoms with Crippen molar-refractivity contribution in [1.29, 1.82) is 0 Å². The second-order valence-electron chi connectivity index (χ2n) is 5.97. The van der Waals surface area contributed by atoms with Gasteiger partial charge in [0, 0.05) is 24.4 Å². The van der Waals surface area contributed by atoms with Gasteiger partial charge in [-0.15, -0.1) is 0 Å². The molecule has 0 spiro atoms. The van der Waals surface area contributed by atoms with Crippen LogP contribution in [0.4, 0.5) is 0 Å². The molecule has 2 nitrogen and oxygen atoms in total. The van der Waals surface area contributed by atoms with Gasteiger partial charge >= 0.3 is 0 Å². The van der Waals surface area contributed by atoms with Gasteiger partial charge in [-0.25, -0.2) is 0 Å². The van der Waals surface area contributed by atoms with Crippen molar-refractivity contribution in [2.45, 2.75) is 38.5 Å². The van der Waals surface area contributed by atoms with Crippen LogP contribution in [0.1, 0.15) is 44.4 Å². The molecule has 1 unspecified atom stereocenters. The first kappa shape index (κ1) is 11.6. The Morgan fingerprint density at radius 1 is 1.31 bits per heavy atom. The molecule has 0 bridgehead atoms. The lowest BCUT2D eigenvalue weighted by Gasteiger charge is -2.19. The van der Waals surface area contributed by atoms with Crippen LogP contribution in [-0.2, 0) is 5.41 Å². The summed E-state index contributed by atoms with van der Waals surface area (Å²) >= 11 is 0. The molecule has 1 aromatic heterocycles. The van der Waals surface area contributed by atoms with E-state index in [9.17, 15) is 0 Å². The molecule has 2 rings (SSSR count). The highest BCUT2D eigenvalue weighted by Crippen LogP contribution is 2.27. The van der Waals surface area contributed by atoms with Gasteiger partial charge in [-0.2, -0.15) is 0 Å². The maximum absolute atomic E-state index is 4.63. The van der Waals surface area contributed by atoms with Crippen molar-refractivity contribution in [3.05, 3.63) is 29.6 Å². The van der Waals surface area contributed by atoms with E-state index in [1.165, 1.54) is 24.2 Å². The van der Waals surface area contributed by atoms with Crippen molar-refractivity contribution in [1.82, 2.24) is 9.88 Å². The zero-order chi connectivity index (χ0) is 11.8. The minimum Gasteiger partial charge on any atom is -0.306 e. The Morgan fingerprint density at radius 2 is 2.06 bits per heavy atom. The molecule has 1 atom stereocenters. The molecule has 2 heterocycles. The first-order valence-corrected chi connectivity index (χ1v) is 6.12. The lowest BCUT2D eigenvalue weighted by atomic mass is 9.88. The molecule has 0 saturated carbocycles. The van der Waals surface area contributed by atoms with Gasteiger partial charge < -0.3 is 4.90 Å². The zero-order valence-electron chi connectivity index (χ0n) is 10.8. The molecule has 1 aliphatic heterocycles. The highest BCUT2D eigenvalue weighted by Gasteiger charge is 2.22. The summed E-state index contributed by atoms with van der Waals surface area (Å²) in [5.74, 6) is 0.638. The van der Waals surface area contributed by atoms with Crippen molar-refractivity contribution in [3.63, 3.8) is 0 Å². The van der Waals surface area contributed by atoms with Crippen LogP contribution in [0, 0.1) is 0 Å². The largest absolute Gasteiger partial charge is 0.306 e. The topological polar surface area (TPSA) is 16.1 Å². The van der Waals surface area contributed by atoms with Gasteiger partial charge in [0.1, 0.15) is 0 Å². The minimum absolute atomic E-state index is 0.206. The van der Waals surface area contributed by atoms with E-state index in [-0.39, 0.29) is 5.41 Å². The van der Waals surface area contributed by atoms with Gasteiger partial charge in [0.15, 0.2) is 0 Å². The fraction of sp³-hybridized carbons (Fsp3) is 0.643. The lowest BCUT2D eigenvalue weighted by molar-refractivity contribution is 0.410. The summed E-state index contributed by atoms with van der Waals surface area (Å²) in [7, 11) is 2.18. The molecule has 1 aliphatic rings. The standard InChI is InChI=1S/C14H22N2/c1-14(2,3)12-5-6-13(15-9-12)11-7-8-16(4)10-11/h5-6,9,11H,7-8,10H2,1-4H3. The van der Waals surface area contributed by atoms with Gasteiger partial charge in [-0.05, 0) is 37.1 Å². The number of rotatable bonds is 1. The molecule has 0 aromatic carbocycles. The number of aromatic nitrogens is 1. The fourth-order valence-corrected chi connectivity index (χ4v) is 2.27. The maximum Gasteiger partial charge on any atom is 0.0448 e. The van der Waals surface area contributed by atoms with Crippen LogP contribution in [0.15, 0.2) is 18.3 Å². The summed E-state index contributed by atoms with van der Waals surface area (Å²) < 4.78 is 0. The van der Waals surface area contributed by atoms with E-state index in [2.05, 4.69) is 49.8 Å². The van der Waals surface area contributed by atoms with E-state index < -0.39 is 0 Å². The van der Waals surface area contributed by atoms with Crippen molar-refractivity contribution < 1.29 is 0 Å². The molecule has 1 fully saturated rings. The van der Waals surface area contributed by atoms with E-state index in [0.717, 1.165) is 6.54 Å². The Kier molecular flexibility index (Phi) is 3.02. The monoisotopic (exact) mass is 218 g/mol. The predicted octanol–water partition coefficient (Wildman–Crippen LogP) is 2.80. The summed E-state index contributed by atoms with van der Waals surface area (Å²) in [6, 6.07) is 4.45.